The number of nitrogens with zero attached hydrogens (tertiary/aromatic N) is 3. The Labute approximate surface area is 132 Å². The van der Waals surface area contributed by atoms with Crippen LogP contribution in [-0.4, -0.2) is 49.5 Å². The largest absolute Gasteiger partial charge is 0.380 e. The fourth-order valence-corrected chi connectivity index (χ4v) is 2.12. The lowest BCUT2D eigenvalue weighted by molar-refractivity contribution is 0.141. The average molecular weight is 316 g/mol. The van der Waals surface area contributed by atoms with Gasteiger partial charge in [0.1, 0.15) is 16.8 Å². The normalized spacial score (nSPS) is 10.9. The zero-order chi connectivity index (χ0) is 15.5. The van der Waals surface area contributed by atoms with Crippen LogP contribution in [0.4, 0.5) is 5.82 Å². The molecule has 6 heteroatoms. The van der Waals surface area contributed by atoms with Crippen LogP contribution >= 0.6 is 11.6 Å². The standard InChI is InChI=1S/C15H26ClN3O2/c1-4-7-14-17-13(16)12-15(18-14)19(8-10-20-5-2)9-11-21-6-3/h12H,4-11H2,1-3H3. The van der Waals surface area contributed by atoms with Crippen LogP contribution in [0.25, 0.3) is 0 Å². The molecule has 120 valence electrons. The van der Waals surface area contributed by atoms with Crippen molar-refractivity contribution in [2.24, 2.45) is 0 Å². The molecular weight excluding hydrogens is 290 g/mol. The molecule has 0 aliphatic rings. The van der Waals surface area contributed by atoms with E-state index >= 15 is 0 Å². The van der Waals surface area contributed by atoms with Crippen LogP contribution in [0.1, 0.15) is 33.0 Å². The summed E-state index contributed by atoms with van der Waals surface area (Å²) >= 11 is 6.11. The van der Waals surface area contributed by atoms with Crippen molar-refractivity contribution in [3.8, 4) is 0 Å². The molecule has 0 saturated heterocycles. The van der Waals surface area contributed by atoms with Gasteiger partial charge in [-0.25, -0.2) is 9.97 Å². The van der Waals surface area contributed by atoms with Gasteiger partial charge in [0.05, 0.1) is 13.2 Å². The van der Waals surface area contributed by atoms with E-state index in [9.17, 15) is 0 Å². The van der Waals surface area contributed by atoms with E-state index in [0.29, 0.717) is 31.6 Å². The van der Waals surface area contributed by atoms with Crippen LogP contribution in [0.2, 0.25) is 5.15 Å². The summed E-state index contributed by atoms with van der Waals surface area (Å²) in [4.78, 5) is 11.0. The molecular formula is C15H26ClN3O2. The van der Waals surface area contributed by atoms with Gasteiger partial charge in [0.25, 0.3) is 0 Å². The lowest BCUT2D eigenvalue weighted by atomic mass is 10.3. The molecule has 0 amide bonds. The maximum atomic E-state index is 6.11. The third kappa shape index (κ3) is 7.07. The van der Waals surface area contributed by atoms with Crippen molar-refractivity contribution in [2.45, 2.75) is 33.6 Å². The molecule has 0 saturated carbocycles. The first-order chi connectivity index (χ1) is 10.2. The van der Waals surface area contributed by atoms with Crippen LogP contribution in [-0.2, 0) is 15.9 Å². The van der Waals surface area contributed by atoms with Gasteiger partial charge in [0, 0.05) is 38.8 Å². The highest BCUT2D eigenvalue weighted by Gasteiger charge is 2.11. The van der Waals surface area contributed by atoms with Gasteiger partial charge in [-0.3, -0.25) is 0 Å². The number of hydrogen-bond donors (Lipinski definition) is 0. The summed E-state index contributed by atoms with van der Waals surface area (Å²) in [6.45, 7) is 10.4. The number of rotatable bonds is 11. The minimum Gasteiger partial charge on any atom is -0.380 e. The Balaban J connectivity index is 2.78. The van der Waals surface area contributed by atoms with Gasteiger partial charge in [-0.15, -0.1) is 0 Å². The number of ether oxygens (including phenoxy) is 2. The molecule has 0 aliphatic heterocycles. The quantitative estimate of drug-likeness (QED) is 0.464. The smallest absolute Gasteiger partial charge is 0.134 e. The van der Waals surface area contributed by atoms with E-state index in [1.54, 1.807) is 6.07 Å². The first-order valence-corrected chi connectivity index (χ1v) is 8.02. The first-order valence-electron chi connectivity index (χ1n) is 7.65. The second-order valence-electron chi connectivity index (χ2n) is 4.60. The molecule has 0 N–H and O–H groups in total. The Morgan fingerprint density at radius 2 is 1.67 bits per heavy atom. The number of halogens is 1. The van der Waals surface area contributed by atoms with Crippen molar-refractivity contribution in [3.05, 3.63) is 17.0 Å². The van der Waals surface area contributed by atoms with Crippen molar-refractivity contribution in [2.75, 3.05) is 44.4 Å². The predicted octanol–water partition coefficient (Wildman–Crippen LogP) is 2.96. The Morgan fingerprint density at radius 3 is 2.19 bits per heavy atom. The highest BCUT2D eigenvalue weighted by Crippen LogP contribution is 2.17. The summed E-state index contributed by atoms with van der Waals surface area (Å²) in [6, 6.07) is 1.80. The fraction of sp³-hybridized carbons (Fsp3) is 0.733. The highest BCUT2D eigenvalue weighted by molar-refractivity contribution is 6.29. The molecule has 0 aromatic carbocycles. The summed E-state index contributed by atoms with van der Waals surface area (Å²) < 4.78 is 10.9. The minimum atomic E-state index is 0.487. The first kappa shape index (κ1) is 18.1. The molecule has 1 aromatic heterocycles. The Bertz CT molecular complexity index is 395. The molecule has 21 heavy (non-hydrogen) atoms. The Hall–Kier alpha value is -0.910. The van der Waals surface area contributed by atoms with E-state index in [-0.39, 0.29) is 0 Å². The van der Waals surface area contributed by atoms with Crippen molar-refractivity contribution in [1.29, 1.82) is 0 Å². The second-order valence-corrected chi connectivity index (χ2v) is 4.98. The van der Waals surface area contributed by atoms with Crippen LogP contribution in [0.5, 0.6) is 0 Å². The summed E-state index contributed by atoms with van der Waals surface area (Å²) in [6.07, 6.45) is 1.83. The Kier molecular flexibility index (Phi) is 9.30. The van der Waals surface area contributed by atoms with Crippen LogP contribution in [0.3, 0.4) is 0 Å². The van der Waals surface area contributed by atoms with Gasteiger partial charge in [0.2, 0.25) is 0 Å². The van der Waals surface area contributed by atoms with Gasteiger partial charge in [-0.05, 0) is 20.3 Å². The van der Waals surface area contributed by atoms with Gasteiger partial charge >= 0.3 is 0 Å². The third-order valence-electron chi connectivity index (χ3n) is 2.94. The SMILES string of the molecule is CCCc1nc(Cl)cc(N(CCOCC)CCOCC)n1. The van der Waals surface area contributed by atoms with Gasteiger partial charge in [0.15, 0.2) is 0 Å². The maximum absolute atomic E-state index is 6.11. The third-order valence-corrected chi connectivity index (χ3v) is 3.14. The average Bonchev–Trinajstić information content (AvgIpc) is 2.46. The number of hydrogen-bond acceptors (Lipinski definition) is 5. The van der Waals surface area contributed by atoms with Gasteiger partial charge in [-0.2, -0.15) is 0 Å². The van der Waals surface area contributed by atoms with E-state index in [2.05, 4.69) is 21.8 Å². The molecule has 0 radical (unpaired) electrons. The zero-order valence-electron chi connectivity index (χ0n) is 13.3. The second kappa shape index (κ2) is 10.8. The highest BCUT2D eigenvalue weighted by atomic mass is 35.5. The fourth-order valence-electron chi connectivity index (χ4n) is 1.93. The minimum absolute atomic E-state index is 0.487. The van der Waals surface area contributed by atoms with Crippen molar-refractivity contribution < 1.29 is 9.47 Å². The summed E-state index contributed by atoms with van der Waals surface area (Å²) in [5.74, 6) is 1.63. The van der Waals surface area contributed by atoms with E-state index in [4.69, 9.17) is 21.1 Å². The lowest BCUT2D eigenvalue weighted by Gasteiger charge is -2.24. The molecule has 0 bridgehead atoms. The summed E-state index contributed by atoms with van der Waals surface area (Å²) in [5.41, 5.74) is 0. The Morgan fingerprint density at radius 1 is 1.05 bits per heavy atom. The molecule has 0 spiro atoms. The van der Waals surface area contributed by atoms with Crippen LogP contribution in [0.15, 0.2) is 6.07 Å². The van der Waals surface area contributed by atoms with Gasteiger partial charge in [-0.1, -0.05) is 18.5 Å². The lowest BCUT2D eigenvalue weighted by Crippen LogP contribution is -2.32. The predicted molar refractivity (Wildman–Crippen MR) is 86.2 cm³/mol. The number of aromatic nitrogens is 2. The van der Waals surface area contributed by atoms with Crippen molar-refractivity contribution in [1.82, 2.24) is 9.97 Å². The molecule has 1 heterocycles. The van der Waals surface area contributed by atoms with Crippen LogP contribution in [0, 0.1) is 0 Å². The maximum Gasteiger partial charge on any atom is 0.134 e. The van der Waals surface area contributed by atoms with E-state index < -0.39 is 0 Å². The van der Waals surface area contributed by atoms with E-state index in [1.807, 2.05) is 13.8 Å². The van der Waals surface area contributed by atoms with Gasteiger partial charge < -0.3 is 14.4 Å². The number of anilines is 1. The summed E-state index contributed by atoms with van der Waals surface area (Å²) in [5, 5.41) is 0.487. The van der Waals surface area contributed by atoms with Crippen molar-refractivity contribution >= 4 is 17.4 Å². The van der Waals surface area contributed by atoms with Crippen molar-refractivity contribution in [3.63, 3.8) is 0 Å². The zero-order valence-corrected chi connectivity index (χ0v) is 14.0. The topological polar surface area (TPSA) is 47.5 Å². The molecule has 5 nitrogen and oxygen atoms in total. The molecule has 1 aromatic rings. The molecule has 0 atom stereocenters. The number of aryl methyl sites for hydroxylation is 1. The molecule has 1 rings (SSSR count). The molecule has 0 aliphatic carbocycles. The molecule has 0 unspecified atom stereocenters. The molecule has 0 fully saturated rings. The van der Waals surface area contributed by atoms with E-state index in [0.717, 1.165) is 37.6 Å². The van der Waals surface area contributed by atoms with E-state index in [1.165, 1.54) is 0 Å². The monoisotopic (exact) mass is 315 g/mol. The van der Waals surface area contributed by atoms with Crippen LogP contribution < -0.4 is 4.90 Å². The summed E-state index contributed by atoms with van der Waals surface area (Å²) in [7, 11) is 0.